The highest BCUT2D eigenvalue weighted by Gasteiger charge is 2.15. The molecule has 0 aliphatic rings. The first-order valence-corrected chi connectivity index (χ1v) is 11.2. The fourth-order valence-electron chi connectivity index (χ4n) is 3.30. The van der Waals surface area contributed by atoms with Gasteiger partial charge in [0.05, 0.1) is 12.2 Å². The third-order valence-corrected chi connectivity index (χ3v) is 5.18. The molecule has 0 bridgehead atoms. The van der Waals surface area contributed by atoms with E-state index in [1.54, 1.807) is 36.4 Å². The zero-order chi connectivity index (χ0) is 25.9. The van der Waals surface area contributed by atoms with Crippen molar-refractivity contribution in [3.8, 4) is 17.2 Å². The number of benzene rings is 2. The van der Waals surface area contributed by atoms with Crippen LogP contribution in [0, 0.1) is 17.0 Å². The molecule has 4 aromatic rings. The lowest BCUT2D eigenvalue weighted by Gasteiger charge is -2.18. The maximum atomic E-state index is 14.0. The molecule has 0 saturated heterocycles. The van der Waals surface area contributed by atoms with Crippen molar-refractivity contribution in [2.75, 3.05) is 6.54 Å². The van der Waals surface area contributed by atoms with E-state index in [0.717, 1.165) is 21.4 Å². The van der Waals surface area contributed by atoms with Gasteiger partial charge in [-0.2, -0.15) is 9.78 Å². The molecule has 2 aromatic carbocycles. The summed E-state index contributed by atoms with van der Waals surface area (Å²) in [5.74, 6) is -0.876. The molecule has 0 spiro atoms. The van der Waals surface area contributed by atoms with Crippen LogP contribution < -0.4 is 15.7 Å². The summed E-state index contributed by atoms with van der Waals surface area (Å²) in [6.07, 6.45) is 2.71. The second kappa shape index (κ2) is 10.1. The summed E-state index contributed by atoms with van der Waals surface area (Å²) in [7, 11) is 0. The third-order valence-electron chi connectivity index (χ3n) is 5.18. The van der Waals surface area contributed by atoms with E-state index in [1.165, 1.54) is 18.6 Å². The molecule has 186 valence electrons. The van der Waals surface area contributed by atoms with E-state index < -0.39 is 17.3 Å². The minimum Gasteiger partial charge on any atom is -0.457 e. The minimum absolute atomic E-state index is 0.0583. The lowest BCUT2D eigenvalue weighted by molar-refractivity contribution is 0.0934. The van der Waals surface area contributed by atoms with Crippen LogP contribution >= 0.6 is 0 Å². The molecule has 0 aliphatic carbocycles. The van der Waals surface area contributed by atoms with Gasteiger partial charge < -0.3 is 10.1 Å². The van der Waals surface area contributed by atoms with Gasteiger partial charge in [0.25, 0.3) is 5.91 Å². The Balaban J connectivity index is 1.46. The van der Waals surface area contributed by atoms with Gasteiger partial charge in [-0.3, -0.25) is 14.3 Å². The topological polar surface area (TPSA) is 91.0 Å². The molecule has 0 aliphatic heterocycles. The van der Waals surface area contributed by atoms with Gasteiger partial charge in [0.1, 0.15) is 35.2 Å². The lowest BCUT2D eigenvalue weighted by atomic mass is 9.97. The molecule has 0 saturated carbocycles. The van der Waals surface area contributed by atoms with E-state index in [-0.39, 0.29) is 29.1 Å². The summed E-state index contributed by atoms with van der Waals surface area (Å²) in [4.78, 5) is 29.2. The van der Waals surface area contributed by atoms with Crippen LogP contribution in [0.4, 0.5) is 8.78 Å². The Morgan fingerprint density at radius 3 is 2.39 bits per heavy atom. The number of hydrogen-bond acceptors (Lipinski definition) is 5. The number of aromatic nitrogens is 4. The van der Waals surface area contributed by atoms with Gasteiger partial charge in [-0.05, 0) is 47.9 Å². The zero-order valence-electron chi connectivity index (χ0n) is 20.0. The van der Waals surface area contributed by atoms with E-state index in [0.29, 0.717) is 23.7 Å². The highest BCUT2D eigenvalue weighted by Crippen LogP contribution is 2.23. The van der Waals surface area contributed by atoms with Crippen molar-refractivity contribution in [2.45, 2.75) is 27.3 Å². The first-order chi connectivity index (χ1) is 17.1. The van der Waals surface area contributed by atoms with Gasteiger partial charge in [0, 0.05) is 24.4 Å². The van der Waals surface area contributed by atoms with E-state index in [9.17, 15) is 18.4 Å². The van der Waals surface area contributed by atoms with E-state index in [1.807, 2.05) is 20.8 Å². The fourth-order valence-corrected chi connectivity index (χ4v) is 3.30. The number of hydrogen-bond donors (Lipinski definition) is 1. The second-order valence-corrected chi connectivity index (χ2v) is 9.37. The molecule has 4 rings (SSSR count). The molecule has 10 heteroatoms. The van der Waals surface area contributed by atoms with Gasteiger partial charge in [0.2, 0.25) is 0 Å². The quantitative estimate of drug-likeness (QED) is 0.414. The Morgan fingerprint density at radius 2 is 1.72 bits per heavy atom. The van der Waals surface area contributed by atoms with Crippen molar-refractivity contribution in [2.24, 2.45) is 5.41 Å². The molecule has 0 fully saturated rings. The number of nitrogens with zero attached hydrogens (tertiary/aromatic N) is 4. The number of ether oxygens (including phenoxy) is 1. The van der Waals surface area contributed by atoms with Crippen molar-refractivity contribution in [3.05, 3.63) is 100 Å². The number of carbonyl (C=O) groups is 1. The van der Waals surface area contributed by atoms with E-state index >= 15 is 0 Å². The van der Waals surface area contributed by atoms with Crippen LogP contribution in [0.25, 0.3) is 5.69 Å². The van der Waals surface area contributed by atoms with Gasteiger partial charge in [-0.25, -0.2) is 13.6 Å². The summed E-state index contributed by atoms with van der Waals surface area (Å²) < 4.78 is 36.0. The Labute approximate surface area is 206 Å². The Kier molecular flexibility index (Phi) is 6.96. The number of nitrogens with one attached hydrogen (secondary N) is 1. The molecule has 36 heavy (non-hydrogen) atoms. The standard InChI is InChI=1S/C26H25F2N5O3/c1-26(2,3)15-30-24(34)23-13-19(11-12-29-23)36-18-9-7-17(8-10-18)33-25(35)32(16-31-33)14-20-21(27)5-4-6-22(20)28/h4-13,16H,14-15H2,1-3H3,(H,30,34). The minimum atomic E-state index is -0.734. The number of halogens is 2. The molecule has 2 aromatic heterocycles. The molecule has 8 nitrogen and oxygen atoms in total. The van der Waals surface area contributed by atoms with E-state index in [4.69, 9.17) is 4.74 Å². The number of carbonyl (C=O) groups excluding carboxylic acids is 1. The Hall–Kier alpha value is -4.34. The smallest absolute Gasteiger partial charge is 0.350 e. The van der Waals surface area contributed by atoms with Crippen molar-refractivity contribution >= 4 is 5.91 Å². The van der Waals surface area contributed by atoms with Gasteiger partial charge >= 0.3 is 5.69 Å². The molecule has 1 amide bonds. The molecule has 0 unspecified atom stereocenters. The van der Waals surface area contributed by atoms with Crippen molar-refractivity contribution in [3.63, 3.8) is 0 Å². The molecule has 0 radical (unpaired) electrons. The van der Waals surface area contributed by atoms with Gasteiger partial charge in [-0.15, -0.1) is 0 Å². The number of rotatable bonds is 7. The SMILES string of the molecule is CC(C)(C)CNC(=O)c1cc(Oc2ccc(-n3ncn(Cc4c(F)cccc4F)c3=O)cc2)ccn1. The normalized spacial score (nSPS) is 11.4. The summed E-state index contributed by atoms with van der Waals surface area (Å²) in [5.41, 5.74) is -0.149. The Bertz CT molecular complexity index is 1420. The monoisotopic (exact) mass is 493 g/mol. The Morgan fingerprint density at radius 1 is 1.03 bits per heavy atom. The number of pyridine rings is 1. The summed E-state index contributed by atoms with van der Waals surface area (Å²) in [6.45, 7) is 6.28. The molecular formula is C26H25F2N5O3. The zero-order valence-corrected chi connectivity index (χ0v) is 20.0. The maximum absolute atomic E-state index is 14.0. The third kappa shape index (κ3) is 5.83. The number of amides is 1. The molecular weight excluding hydrogens is 468 g/mol. The van der Waals surface area contributed by atoms with Crippen LogP contribution in [0.15, 0.2) is 71.9 Å². The van der Waals surface area contributed by atoms with Crippen LogP contribution in [0.3, 0.4) is 0 Å². The van der Waals surface area contributed by atoms with Crippen molar-refractivity contribution in [1.29, 1.82) is 0 Å². The summed E-state index contributed by atoms with van der Waals surface area (Å²) >= 11 is 0. The van der Waals surface area contributed by atoms with Crippen LogP contribution in [0.5, 0.6) is 11.5 Å². The van der Waals surface area contributed by atoms with Gasteiger partial charge in [-0.1, -0.05) is 26.8 Å². The van der Waals surface area contributed by atoms with Crippen molar-refractivity contribution in [1.82, 2.24) is 24.6 Å². The second-order valence-electron chi connectivity index (χ2n) is 9.37. The predicted octanol–water partition coefficient (Wildman–Crippen LogP) is 4.32. The van der Waals surface area contributed by atoms with Crippen LogP contribution in [-0.2, 0) is 6.54 Å². The van der Waals surface area contributed by atoms with E-state index in [2.05, 4.69) is 15.4 Å². The maximum Gasteiger partial charge on any atom is 0.350 e. The largest absolute Gasteiger partial charge is 0.457 e. The van der Waals surface area contributed by atoms with Crippen LogP contribution in [0.1, 0.15) is 36.8 Å². The highest BCUT2D eigenvalue weighted by atomic mass is 19.1. The molecule has 2 heterocycles. The van der Waals surface area contributed by atoms with Gasteiger partial charge in [0.15, 0.2) is 0 Å². The van der Waals surface area contributed by atoms with Crippen molar-refractivity contribution < 1.29 is 18.3 Å². The predicted molar refractivity (Wildman–Crippen MR) is 129 cm³/mol. The average molecular weight is 494 g/mol. The first-order valence-electron chi connectivity index (χ1n) is 11.2. The van der Waals surface area contributed by atoms with Crippen LogP contribution in [-0.4, -0.2) is 31.8 Å². The summed E-state index contributed by atoms with van der Waals surface area (Å²) in [5, 5.41) is 6.89. The first kappa shape index (κ1) is 24.8. The molecule has 1 N–H and O–H groups in total. The van der Waals surface area contributed by atoms with Crippen LogP contribution in [0.2, 0.25) is 0 Å². The highest BCUT2D eigenvalue weighted by molar-refractivity contribution is 5.92. The summed E-state index contributed by atoms with van der Waals surface area (Å²) in [6, 6.07) is 13.2. The fraction of sp³-hybridized carbons (Fsp3) is 0.231. The average Bonchev–Trinajstić information content (AvgIpc) is 3.20. The molecule has 0 atom stereocenters. The lowest BCUT2D eigenvalue weighted by Crippen LogP contribution is -2.32.